The maximum Gasteiger partial charge on any atom is 0.344 e. The first kappa shape index (κ1) is 12.8. The number of nitrogens with one attached hydrogen (secondary N) is 1. The molecule has 1 rings (SSSR count). The van der Waals surface area contributed by atoms with Crippen LogP contribution in [-0.4, -0.2) is 17.6 Å². The first-order valence-corrected chi connectivity index (χ1v) is 5.14. The van der Waals surface area contributed by atoms with Gasteiger partial charge in [-0.1, -0.05) is 0 Å². The van der Waals surface area contributed by atoms with Gasteiger partial charge in [0.25, 0.3) is 6.43 Å². The minimum atomic E-state index is -2.81. The van der Waals surface area contributed by atoms with Crippen molar-refractivity contribution >= 4 is 21.9 Å². The summed E-state index contributed by atoms with van der Waals surface area (Å²) in [5.74, 6) is -0.851. The van der Waals surface area contributed by atoms with E-state index in [1.54, 1.807) is 6.92 Å². The van der Waals surface area contributed by atoms with E-state index in [-0.39, 0.29) is 16.8 Å². The number of ether oxygens (including phenoxy) is 1. The van der Waals surface area contributed by atoms with Crippen molar-refractivity contribution in [3.05, 3.63) is 32.2 Å². The van der Waals surface area contributed by atoms with Crippen molar-refractivity contribution in [1.82, 2.24) is 4.98 Å². The number of H-pyrrole nitrogens is 1. The van der Waals surface area contributed by atoms with E-state index in [0.717, 1.165) is 0 Å². The zero-order valence-corrected chi connectivity index (χ0v) is 9.81. The Morgan fingerprint density at radius 1 is 1.62 bits per heavy atom. The summed E-state index contributed by atoms with van der Waals surface area (Å²) in [6.45, 7) is 1.68. The number of carbonyl (C=O) groups excluding carboxylic acids is 1. The molecular weight excluding hydrogens is 288 g/mol. The van der Waals surface area contributed by atoms with E-state index in [2.05, 4.69) is 25.7 Å². The van der Waals surface area contributed by atoms with Crippen LogP contribution in [-0.2, 0) is 4.74 Å². The van der Waals surface area contributed by atoms with E-state index in [4.69, 9.17) is 0 Å². The molecule has 0 aliphatic carbocycles. The van der Waals surface area contributed by atoms with Gasteiger partial charge < -0.3 is 9.72 Å². The van der Waals surface area contributed by atoms with Crippen LogP contribution in [0.4, 0.5) is 8.78 Å². The molecule has 0 saturated heterocycles. The van der Waals surface area contributed by atoms with Crippen LogP contribution in [0.1, 0.15) is 29.4 Å². The summed E-state index contributed by atoms with van der Waals surface area (Å²) in [6.07, 6.45) is -2.81. The molecule has 1 aromatic heterocycles. The maximum absolute atomic E-state index is 12.3. The zero-order valence-electron chi connectivity index (χ0n) is 8.22. The molecule has 1 aromatic rings. The second-order valence-corrected chi connectivity index (χ2v) is 3.59. The van der Waals surface area contributed by atoms with Gasteiger partial charge in [-0.25, -0.2) is 13.6 Å². The Balaban J connectivity index is 3.23. The fraction of sp³-hybridized carbons (Fsp3) is 0.333. The van der Waals surface area contributed by atoms with Crippen molar-refractivity contribution in [3.8, 4) is 0 Å². The fourth-order valence-corrected chi connectivity index (χ4v) is 1.64. The number of hydrogen-bond donors (Lipinski definition) is 1. The second kappa shape index (κ2) is 5.20. The SMILES string of the molecule is CCOC(=O)c1c(Br)[nH]c(C(F)F)cc1=O. The molecule has 0 amide bonds. The van der Waals surface area contributed by atoms with Crippen LogP contribution in [0, 0.1) is 0 Å². The number of aromatic nitrogens is 1. The predicted molar refractivity (Wildman–Crippen MR) is 55.7 cm³/mol. The average molecular weight is 296 g/mol. The molecule has 88 valence electrons. The van der Waals surface area contributed by atoms with Crippen molar-refractivity contribution in [2.75, 3.05) is 6.61 Å². The van der Waals surface area contributed by atoms with Gasteiger partial charge in [-0.2, -0.15) is 0 Å². The third kappa shape index (κ3) is 2.66. The van der Waals surface area contributed by atoms with E-state index in [0.29, 0.717) is 6.07 Å². The largest absolute Gasteiger partial charge is 0.462 e. The highest BCUT2D eigenvalue weighted by Crippen LogP contribution is 2.19. The molecule has 0 aliphatic heterocycles. The Labute approximate surface area is 97.7 Å². The third-order valence-electron chi connectivity index (χ3n) is 1.72. The van der Waals surface area contributed by atoms with Crippen LogP contribution in [0.2, 0.25) is 0 Å². The number of esters is 1. The van der Waals surface area contributed by atoms with E-state index in [1.165, 1.54) is 0 Å². The summed E-state index contributed by atoms with van der Waals surface area (Å²) in [4.78, 5) is 24.9. The molecule has 0 fully saturated rings. The topological polar surface area (TPSA) is 59.2 Å². The van der Waals surface area contributed by atoms with Crippen LogP contribution in [0.3, 0.4) is 0 Å². The Hall–Kier alpha value is -1.24. The van der Waals surface area contributed by atoms with Crippen molar-refractivity contribution in [3.63, 3.8) is 0 Å². The van der Waals surface area contributed by atoms with E-state index < -0.39 is 23.5 Å². The summed E-state index contributed by atoms with van der Waals surface area (Å²) < 4.78 is 29.1. The van der Waals surface area contributed by atoms with Crippen molar-refractivity contribution < 1.29 is 18.3 Å². The number of hydrogen-bond acceptors (Lipinski definition) is 3. The van der Waals surface area contributed by atoms with Crippen LogP contribution in [0.25, 0.3) is 0 Å². The number of pyridine rings is 1. The van der Waals surface area contributed by atoms with Crippen molar-refractivity contribution in [2.45, 2.75) is 13.3 Å². The van der Waals surface area contributed by atoms with Gasteiger partial charge in [-0.3, -0.25) is 4.79 Å². The Morgan fingerprint density at radius 3 is 2.69 bits per heavy atom. The quantitative estimate of drug-likeness (QED) is 0.687. The lowest BCUT2D eigenvalue weighted by molar-refractivity contribution is 0.0522. The highest BCUT2D eigenvalue weighted by atomic mass is 79.9. The van der Waals surface area contributed by atoms with Crippen LogP contribution >= 0.6 is 15.9 Å². The molecule has 0 atom stereocenters. The smallest absolute Gasteiger partial charge is 0.344 e. The lowest BCUT2D eigenvalue weighted by Crippen LogP contribution is -2.19. The molecule has 0 unspecified atom stereocenters. The monoisotopic (exact) mass is 295 g/mol. The number of halogens is 3. The minimum Gasteiger partial charge on any atom is -0.462 e. The van der Waals surface area contributed by atoms with E-state index >= 15 is 0 Å². The molecular formula is C9H8BrF2NO3. The number of carbonyl (C=O) groups is 1. The van der Waals surface area contributed by atoms with E-state index in [1.807, 2.05) is 0 Å². The highest BCUT2D eigenvalue weighted by Gasteiger charge is 2.19. The van der Waals surface area contributed by atoms with Gasteiger partial charge in [0.1, 0.15) is 10.2 Å². The van der Waals surface area contributed by atoms with Gasteiger partial charge in [-0.15, -0.1) is 0 Å². The number of aromatic amines is 1. The summed E-state index contributed by atoms with van der Waals surface area (Å²) in [5.41, 5.74) is -1.67. The Kier molecular flexibility index (Phi) is 4.17. The molecule has 0 spiro atoms. The van der Waals surface area contributed by atoms with Gasteiger partial charge in [0, 0.05) is 6.07 Å². The minimum absolute atomic E-state index is 0.0985. The summed E-state index contributed by atoms with van der Waals surface area (Å²) in [6, 6.07) is 0.682. The van der Waals surface area contributed by atoms with Crippen LogP contribution < -0.4 is 5.43 Å². The lowest BCUT2D eigenvalue weighted by Gasteiger charge is -2.06. The maximum atomic E-state index is 12.3. The van der Waals surface area contributed by atoms with Gasteiger partial charge in [0.05, 0.1) is 12.3 Å². The van der Waals surface area contributed by atoms with Gasteiger partial charge in [0.15, 0.2) is 5.43 Å². The lowest BCUT2D eigenvalue weighted by atomic mass is 10.2. The third-order valence-corrected chi connectivity index (χ3v) is 2.32. The first-order chi connectivity index (χ1) is 7.47. The van der Waals surface area contributed by atoms with E-state index in [9.17, 15) is 18.4 Å². The molecule has 16 heavy (non-hydrogen) atoms. The Morgan fingerprint density at radius 2 is 2.25 bits per heavy atom. The summed E-state index contributed by atoms with van der Waals surface area (Å²) >= 11 is 2.85. The van der Waals surface area contributed by atoms with Crippen LogP contribution in [0.5, 0.6) is 0 Å². The molecule has 4 nitrogen and oxygen atoms in total. The molecule has 0 aliphatic rings. The molecule has 1 N–H and O–H groups in total. The number of rotatable bonds is 3. The fourth-order valence-electron chi connectivity index (χ4n) is 1.06. The first-order valence-electron chi connectivity index (χ1n) is 4.35. The van der Waals surface area contributed by atoms with Crippen molar-refractivity contribution in [1.29, 1.82) is 0 Å². The normalized spacial score (nSPS) is 10.6. The molecule has 7 heteroatoms. The zero-order chi connectivity index (χ0) is 12.3. The standard InChI is InChI=1S/C9H8BrF2NO3/c1-2-16-9(15)6-5(14)3-4(8(11)12)13-7(6)10/h3,8H,2H2,1H3,(H,13,14). The summed E-state index contributed by atoms with van der Waals surface area (Å²) in [7, 11) is 0. The van der Waals surface area contributed by atoms with Crippen molar-refractivity contribution in [2.24, 2.45) is 0 Å². The molecule has 0 aromatic carbocycles. The summed E-state index contributed by atoms with van der Waals surface area (Å²) in [5, 5.41) is 0. The second-order valence-electron chi connectivity index (χ2n) is 2.80. The van der Waals surface area contributed by atoms with Gasteiger partial charge >= 0.3 is 5.97 Å². The van der Waals surface area contributed by atoms with Gasteiger partial charge in [0.2, 0.25) is 0 Å². The van der Waals surface area contributed by atoms with Crippen LogP contribution in [0.15, 0.2) is 15.5 Å². The van der Waals surface area contributed by atoms with Gasteiger partial charge in [-0.05, 0) is 22.9 Å². The predicted octanol–water partition coefficient (Wildman–Crippen LogP) is 2.25. The number of alkyl halides is 2. The molecule has 0 saturated carbocycles. The Bertz CT molecular complexity index is 459. The molecule has 0 bridgehead atoms. The molecule has 1 heterocycles. The highest BCUT2D eigenvalue weighted by molar-refractivity contribution is 9.10. The average Bonchev–Trinajstić information content (AvgIpc) is 2.16. The molecule has 0 radical (unpaired) electrons.